The minimum atomic E-state index is 0.701. The highest BCUT2D eigenvalue weighted by Gasteiger charge is 2.01. The molecule has 2 rings (SSSR count). The number of rotatable bonds is 2. The quantitative estimate of drug-likeness (QED) is 0.739. The number of aryl methyl sites for hydroxylation is 1. The van der Waals surface area contributed by atoms with Crippen LogP contribution in [0.3, 0.4) is 0 Å². The first-order valence-electron chi connectivity index (χ1n) is 4.51. The first-order chi connectivity index (χ1) is 7.29. The van der Waals surface area contributed by atoms with Gasteiger partial charge in [0, 0.05) is 11.8 Å². The fourth-order valence-electron chi connectivity index (χ4n) is 1.14. The highest BCUT2D eigenvalue weighted by atomic mass is 16.5. The predicted octanol–water partition coefficient (Wildman–Crippen LogP) is 1.66. The molecule has 0 saturated heterocycles. The Bertz CT molecular complexity index is 436. The van der Waals surface area contributed by atoms with E-state index in [1.165, 1.54) is 0 Å². The van der Waals surface area contributed by atoms with Crippen LogP contribution in [0.2, 0.25) is 0 Å². The minimum absolute atomic E-state index is 0.701. The molecule has 0 aliphatic heterocycles. The molecule has 4 nitrogen and oxygen atoms in total. The van der Waals surface area contributed by atoms with Crippen LogP contribution in [0.4, 0.5) is 0 Å². The molecule has 2 heterocycles. The molecule has 0 bridgehead atoms. The Morgan fingerprint density at radius 1 is 1.20 bits per heavy atom. The van der Waals surface area contributed by atoms with Crippen LogP contribution in [0.5, 0.6) is 5.75 Å². The van der Waals surface area contributed by atoms with Crippen molar-refractivity contribution >= 4 is 0 Å². The van der Waals surface area contributed by atoms with Crippen LogP contribution in [-0.2, 0) is 0 Å². The highest BCUT2D eigenvalue weighted by molar-refractivity contribution is 5.56. The number of nitrogens with zero attached hydrogens (tertiary/aromatic N) is 3. The molecular formula is C11H10N3O. The molecule has 2 aromatic rings. The summed E-state index contributed by atoms with van der Waals surface area (Å²) in [5.74, 6) is 1.43. The Morgan fingerprint density at radius 3 is 2.60 bits per heavy atom. The van der Waals surface area contributed by atoms with Crippen LogP contribution < -0.4 is 4.74 Å². The first kappa shape index (κ1) is 9.58. The molecule has 0 aliphatic rings. The van der Waals surface area contributed by atoms with E-state index in [-0.39, 0.29) is 0 Å². The van der Waals surface area contributed by atoms with Gasteiger partial charge in [-0.25, -0.2) is 9.97 Å². The van der Waals surface area contributed by atoms with Crippen molar-refractivity contribution in [2.45, 2.75) is 6.92 Å². The summed E-state index contributed by atoms with van der Waals surface area (Å²) in [4.78, 5) is 12.3. The Balaban J connectivity index is 2.33. The molecule has 0 N–H and O–H groups in total. The van der Waals surface area contributed by atoms with Gasteiger partial charge in [-0.2, -0.15) is 0 Å². The summed E-state index contributed by atoms with van der Waals surface area (Å²) >= 11 is 0. The monoisotopic (exact) mass is 200 g/mol. The van der Waals surface area contributed by atoms with E-state index in [4.69, 9.17) is 4.74 Å². The van der Waals surface area contributed by atoms with E-state index in [0.717, 1.165) is 17.0 Å². The molecule has 0 amide bonds. The predicted molar refractivity (Wildman–Crippen MR) is 55.4 cm³/mol. The molecule has 15 heavy (non-hydrogen) atoms. The van der Waals surface area contributed by atoms with Crippen molar-refractivity contribution in [1.82, 2.24) is 15.0 Å². The number of hydrogen-bond donors (Lipinski definition) is 0. The summed E-state index contributed by atoms with van der Waals surface area (Å²) in [6.07, 6.45) is 6.24. The smallest absolute Gasteiger partial charge is 0.137 e. The maximum atomic E-state index is 5.02. The van der Waals surface area contributed by atoms with E-state index in [1.54, 1.807) is 19.5 Å². The summed E-state index contributed by atoms with van der Waals surface area (Å²) in [7, 11) is 1.61. The van der Waals surface area contributed by atoms with Crippen LogP contribution >= 0.6 is 0 Å². The van der Waals surface area contributed by atoms with Gasteiger partial charge in [-0.3, -0.25) is 4.98 Å². The van der Waals surface area contributed by atoms with Gasteiger partial charge >= 0.3 is 0 Å². The highest BCUT2D eigenvalue weighted by Crippen LogP contribution is 2.16. The van der Waals surface area contributed by atoms with Gasteiger partial charge in [0.25, 0.3) is 0 Å². The molecule has 0 aliphatic carbocycles. The lowest BCUT2D eigenvalue weighted by molar-refractivity contribution is 0.413. The van der Waals surface area contributed by atoms with Crippen molar-refractivity contribution in [3.8, 4) is 17.0 Å². The van der Waals surface area contributed by atoms with E-state index >= 15 is 0 Å². The van der Waals surface area contributed by atoms with Crippen LogP contribution in [0, 0.1) is 13.1 Å². The molecule has 0 aromatic carbocycles. The Labute approximate surface area is 88.0 Å². The summed E-state index contributed by atoms with van der Waals surface area (Å²) in [5.41, 5.74) is 1.57. The largest absolute Gasteiger partial charge is 0.495 e. The third kappa shape index (κ3) is 2.10. The van der Waals surface area contributed by atoms with Gasteiger partial charge < -0.3 is 4.74 Å². The van der Waals surface area contributed by atoms with Gasteiger partial charge in [0.2, 0.25) is 0 Å². The van der Waals surface area contributed by atoms with Gasteiger partial charge in [-0.05, 0) is 19.1 Å². The zero-order valence-corrected chi connectivity index (χ0v) is 8.56. The lowest BCUT2D eigenvalue weighted by atomic mass is 10.2. The van der Waals surface area contributed by atoms with Crippen molar-refractivity contribution in [1.29, 1.82) is 0 Å². The molecule has 4 heteroatoms. The van der Waals surface area contributed by atoms with Gasteiger partial charge in [0.15, 0.2) is 0 Å². The molecule has 0 unspecified atom stereocenters. The number of aromatic nitrogens is 3. The maximum Gasteiger partial charge on any atom is 0.137 e. The van der Waals surface area contributed by atoms with Crippen LogP contribution in [0.1, 0.15) is 5.82 Å². The topological polar surface area (TPSA) is 47.9 Å². The van der Waals surface area contributed by atoms with Crippen molar-refractivity contribution in [3.05, 3.63) is 36.5 Å². The van der Waals surface area contributed by atoms with Crippen molar-refractivity contribution in [2.24, 2.45) is 0 Å². The summed E-state index contributed by atoms with van der Waals surface area (Å²) in [6.45, 7) is 1.82. The SMILES string of the molecule is COc1ccc(-c2[c]nc(C)nc2)nc1. The molecule has 1 radical (unpaired) electrons. The molecule has 0 atom stereocenters. The molecule has 0 fully saturated rings. The summed E-state index contributed by atoms with van der Waals surface area (Å²) in [5, 5.41) is 0. The number of ether oxygens (including phenoxy) is 1. The zero-order valence-electron chi connectivity index (χ0n) is 8.56. The maximum absolute atomic E-state index is 5.02. The normalized spacial score (nSPS) is 10.0. The second-order valence-corrected chi connectivity index (χ2v) is 3.03. The van der Waals surface area contributed by atoms with Crippen LogP contribution in [-0.4, -0.2) is 22.1 Å². The fraction of sp³-hybridized carbons (Fsp3) is 0.182. The number of hydrogen-bond acceptors (Lipinski definition) is 4. The lowest BCUT2D eigenvalue weighted by Gasteiger charge is -2.01. The van der Waals surface area contributed by atoms with E-state index in [0.29, 0.717) is 5.82 Å². The number of pyridine rings is 1. The Hall–Kier alpha value is -1.97. The van der Waals surface area contributed by atoms with Crippen molar-refractivity contribution in [3.63, 3.8) is 0 Å². The second kappa shape index (κ2) is 4.04. The fourth-order valence-corrected chi connectivity index (χ4v) is 1.14. The van der Waals surface area contributed by atoms with Gasteiger partial charge in [-0.1, -0.05) is 0 Å². The number of methoxy groups -OCH3 is 1. The molecule has 75 valence electrons. The van der Waals surface area contributed by atoms with Gasteiger partial charge in [0.05, 0.1) is 19.0 Å². The van der Waals surface area contributed by atoms with Crippen LogP contribution in [0.25, 0.3) is 11.3 Å². The summed E-state index contributed by atoms with van der Waals surface area (Å²) in [6, 6.07) is 3.69. The molecule has 0 spiro atoms. The average Bonchev–Trinajstić information content (AvgIpc) is 2.30. The zero-order chi connectivity index (χ0) is 10.7. The van der Waals surface area contributed by atoms with Gasteiger partial charge in [-0.15, -0.1) is 0 Å². The van der Waals surface area contributed by atoms with E-state index in [2.05, 4.69) is 21.1 Å². The minimum Gasteiger partial charge on any atom is -0.495 e. The van der Waals surface area contributed by atoms with Crippen molar-refractivity contribution < 1.29 is 4.74 Å². The third-order valence-corrected chi connectivity index (χ3v) is 1.97. The standard InChI is InChI=1S/C11H10N3O/c1-8-12-5-9(6-13-8)11-4-3-10(15-2)7-14-11/h3-5,7H,1-2H3. The first-order valence-corrected chi connectivity index (χ1v) is 4.51. The lowest BCUT2D eigenvalue weighted by Crippen LogP contribution is -1.91. The third-order valence-electron chi connectivity index (χ3n) is 1.97. The average molecular weight is 200 g/mol. The second-order valence-electron chi connectivity index (χ2n) is 3.03. The molecular weight excluding hydrogens is 190 g/mol. The van der Waals surface area contributed by atoms with Crippen molar-refractivity contribution in [2.75, 3.05) is 7.11 Å². The van der Waals surface area contributed by atoms with Gasteiger partial charge in [0.1, 0.15) is 17.8 Å². The van der Waals surface area contributed by atoms with Crippen LogP contribution in [0.15, 0.2) is 24.5 Å². The van der Waals surface area contributed by atoms with E-state index in [1.807, 2.05) is 19.1 Å². The molecule has 2 aromatic heterocycles. The Kier molecular flexibility index (Phi) is 2.58. The molecule has 0 saturated carbocycles. The Morgan fingerprint density at radius 2 is 2.07 bits per heavy atom. The van der Waals surface area contributed by atoms with E-state index < -0.39 is 0 Å². The summed E-state index contributed by atoms with van der Waals surface area (Å²) < 4.78 is 5.02. The van der Waals surface area contributed by atoms with E-state index in [9.17, 15) is 0 Å².